The summed E-state index contributed by atoms with van der Waals surface area (Å²) in [4.78, 5) is 0. The fourth-order valence-corrected chi connectivity index (χ4v) is 0. The smallest absolute Gasteiger partial charge is 3.00 e. The van der Waals surface area contributed by atoms with E-state index in [0.29, 0.717) is 0 Å². The van der Waals surface area contributed by atoms with Crippen molar-refractivity contribution in [2.45, 2.75) is 0 Å². The maximum atomic E-state index is 0. The van der Waals surface area contributed by atoms with E-state index in [9.17, 15) is 0 Å². The molecule has 28 valence electrons. The zero-order valence-electron chi connectivity index (χ0n) is 2.30. The molecule has 0 N–H and O–H groups in total. The van der Waals surface area contributed by atoms with Gasteiger partial charge in [0.05, 0.1) is 0 Å². The Labute approximate surface area is 68.2 Å². The third kappa shape index (κ3) is 27.3. The van der Waals surface area contributed by atoms with Gasteiger partial charge in [-0.15, -0.1) is 0 Å². The van der Waals surface area contributed by atoms with Crippen LogP contribution in [0.5, 0.6) is 0 Å². The van der Waals surface area contributed by atoms with Gasteiger partial charge in [0, 0.05) is 21.7 Å². The van der Waals surface area contributed by atoms with Crippen LogP contribution in [0.15, 0.2) is 0 Å². The number of hydrogen-bond acceptors (Lipinski definition) is 0. The van der Waals surface area contributed by atoms with Gasteiger partial charge in [-0.25, -0.2) is 0 Å². The van der Waals surface area contributed by atoms with Gasteiger partial charge < -0.3 is 12.3 Å². The summed E-state index contributed by atoms with van der Waals surface area (Å²) in [6.07, 6.45) is 0. The molecule has 0 heterocycles. The minimum absolute atomic E-state index is 0. The van der Waals surface area contributed by atoms with E-state index in [-0.39, 0.29) is 68.6 Å². The summed E-state index contributed by atoms with van der Waals surface area (Å²) in [6, 6.07) is 0. The van der Waals surface area contributed by atoms with Crippen molar-refractivity contribution in [3.05, 3.63) is 12.3 Å². The second kappa shape index (κ2) is 44.3. The van der Waals surface area contributed by atoms with Crippen LogP contribution >= 0.6 is 13.5 Å². The van der Waals surface area contributed by atoms with Crippen LogP contribution in [0.1, 0.15) is 0 Å². The first-order valence-electron chi connectivity index (χ1n) is 0. The molecule has 0 aromatic rings. The molecule has 0 amide bonds. The summed E-state index contributed by atoms with van der Waals surface area (Å²) >= 11 is 0. The number of hydrogen-bond donors (Lipinski definition) is 0. The van der Waals surface area contributed by atoms with Gasteiger partial charge in [0.1, 0.15) is 0 Å². The van der Waals surface area contributed by atoms with Crippen molar-refractivity contribution in [2.75, 3.05) is 0 Å². The van der Waals surface area contributed by atoms with Crippen molar-refractivity contribution in [1.82, 2.24) is 0 Å². The van der Waals surface area contributed by atoms with Gasteiger partial charge in [0.2, 0.25) is 0 Å². The van der Waals surface area contributed by atoms with E-state index < -0.39 is 0 Å². The Kier molecular flexibility index (Phi) is 680. The predicted molar refractivity (Wildman–Crippen MR) is 17.1 cm³/mol. The van der Waals surface area contributed by atoms with Crippen molar-refractivity contribution >= 4 is 13.5 Å². The monoisotopic (exact) mass is 208 g/mol. The third-order valence-corrected chi connectivity index (χ3v) is 0. The van der Waals surface area contributed by atoms with Crippen LogP contribution in [0.25, 0.3) is 12.3 Å². The fraction of sp³-hybridized carbons (Fsp3) is 0. The predicted octanol–water partition coefficient (Wildman–Crippen LogP) is 0.685. The third-order valence-electron chi connectivity index (χ3n) is 0. The maximum absolute atomic E-state index is 0. The maximum Gasteiger partial charge on any atom is 6.00 e. The molecule has 0 aromatic carbocycles. The summed E-state index contributed by atoms with van der Waals surface area (Å²) < 4.78 is 0. The van der Waals surface area contributed by atoms with E-state index in [1.807, 2.05) is 0 Å². The minimum Gasteiger partial charge on any atom is -3.00 e. The average Bonchev–Trinajstić information content (AvgIpc) is 0. The molecule has 0 bridgehead atoms. The van der Waals surface area contributed by atoms with Crippen LogP contribution in [0, 0.1) is 0 Å². The minimum atomic E-state index is 0. The molecule has 0 spiro atoms. The molecule has 0 aliphatic carbocycles. The Balaban J connectivity index is 0. The molecular formula is H2MoN2STi. The van der Waals surface area contributed by atoms with Crippen molar-refractivity contribution in [2.24, 2.45) is 0 Å². The first-order chi connectivity index (χ1) is 0. The van der Waals surface area contributed by atoms with Gasteiger partial charge in [0.15, 0.2) is 0 Å². The van der Waals surface area contributed by atoms with Crippen LogP contribution in [-0.4, -0.2) is 0 Å². The van der Waals surface area contributed by atoms with Gasteiger partial charge in [0.25, 0.3) is 0 Å². The topological polar surface area (TPSA) is 61.0 Å². The molecule has 0 unspecified atom stereocenters. The van der Waals surface area contributed by atoms with E-state index in [1.54, 1.807) is 0 Å². The average molecular weight is 206 g/mol. The Morgan fingerprint density at radius 3 is 0.800 bits per heavy atom. The van der Waals surface area contributed by atoms with Crippen LogP contribution in [0.3, 0.4) is 0 Å². The Hall–Kier alpha value is 1.67. The first kappa shape index (κ1) is 76.7. The molecule has 0 rings (SSSR count). The second-order valence-corrected chi connectivity index (χ2v) is 0. The van der Waals surface area contributed by atoms with Gasteiger partial charge in [-0.1, -0.05) is 0 Å². The molecule has 0 saturated heterocycles. The normalized spacial score (nSPS) is 0. The molecular weight excluding hydrogens is 204 g/mol. The second-order valence-electron chi connectivity index (χ2n) is 0. The molecule has 0 aliphatic rings. The van der Waals surface area contributed by atoms with Crippen LogP contribution in [-0.2, 0) is 42.8 Å². The van der Waals surface area contributed by atoms with Crippen LogP contribution in [0.4, 0.5) is 0 Å². The SMILES string of the molecule is S.[Mo+6].[N-3].[N-3].[Ti]. The molecule has 0 saturated carbocycles. The Bertz CT molecular complexity index is 9.61. The van der Waals surface area contributed by atoms with E-state index in [0.717, 1.165) is 0 Å². The number of rotatable bonds is 0. The molecule has 2 nitrogen and oxygen atoms in total. The van der Waals surface area contributed by atoms with Gasteiger partial charge in [-0.2, -0.15) is 13.5 Å². The van der Waals surface area contributed by atoms with Gasteiger partial charge in [-0.3, -0.25) is 0 Å². The zero-order chi connectivity index (χ0) is 0. The van der Waals surface area contributed by atoms with E-state index in [2.05, 4.69) is 0 Å². The summed E-state index contributed by atoms with van der Waals surface area (Å²) in [5.41, 5.74) is 0. The summed E-state index contributed by atoms with van der Waals surface area (Å²) in [6.45, 7) is 0. The zero-order valence-corrected chi connectivity index (χ0v) is 6.87. The van der Waals surface area contributed by atoms with Crippen molar-refractivity contribution < 1.29 is 42.8 Å². The summed E-state index contributed by atoms with van der Waals surface area (Å²) in [7, 11) is 0. The van der Waals surface area contributed by atoms with E-state index >= 15 is 0 Å². The van der Waals surface area contributed by atoms with Crippen molar-refractivity contribution in [1.29, 1.82) is 0 Å². The van der Waals surface area contributed by atoms with Crippen LogP contribution in [0.2, 0.25) is 0 Å². The molecule has 0 atom stereocenters. The van der Waals surface area contributed by atoms with Gasteiger partial charge >= 0.3 is 21.1 Å². The van der Waals surface area contributed by atoms with E-state index in [1.165, 1.54) is 0 Å². The van der Waals surface area contributed by atoms with Crippen molar-refractivity contribution in [3.63, 3.8) is 0 Å². The molecule has 0 fully saturated rings. The van der Waals surface area contributed by atoms with E-state index in [4.69, 9.17) is 0 Å². The molecule has 5 heteroatoms. The Morgan fingerprint density at radius 1 is 0.800 bits per heavy atom. The Morgan fingerprint density at radius 2 is 0.800 bits per heavy atom. The molecule has 0 aromatic heterocycles. The molecule has 5 heavy (non-hydrogen) atoms. The standard InChI is InChI=1S/Mo.2N.H2S.Ti/h;;;1H2;/q+6;2*-3;;. The summed E-state index contributed by atoms with van der Waals surface area (Å²) in [5, 5.41) is 0. The van der Waals surface area contributed by atoms with Crippen LogP contribution < -0.4 is 0 Å². The quantitative estimate of drug-likeness (QED) is 0.523. The number of nitrogens with zero attached hydrogens (tertiary/aromatic N) is 2. The molecule has 0 aliphatic heterocycles. The molecule has 0 radical (unpaired) electrons. The first-order valence-corrected chi connectivity index (χ1v) is 0. The van der Waals surface area contributed by atoms with Crippen molar-refractivity contribution in [3.8, 4) is 0 Å². The summed E-state index contributed by atoms with van der Waals surface area (Å²) in [5.74, 6) is 0. The fourth-order valence-electron chi connectivity index (χ4n) is 0. The largest absolute Gasteiger partial charge is 6.00 e. The van der Waals surface area contributed by atoms with Gasteiger partial charge in [-0.05, 0) is 0 Å².